The summed E-state index contributed by atoms with van der Waals surface area (Å²) in [4.78, 5) is 24.7. The molecule has 1 amide bonds. The third-order valence-electron chi connectivity index (χ3n) is 4.90. The van der Waals surface area contributed by atoms with E-state index in [1.807, 2.05) is 36.4 Å². The highest BCUT2D eigenvalue weighted by Crippen LogP contribution is 2.24. The lowest BCUT2D eigenvalue weighted by Gasteiger charge is -2.15. The number of benzene rings is 2. The van der Waals surface area contributed by atoms with E-state index in [0.29, 0.717) is 13.1 Å². The number of amides is 1. The standard InChI is InChI=1S/C17H15NO3.C5H10/c19-16(20)9-12-5-7-13(8-6-12)10-18-11-14-3-1-2-4-15(14)17(18)21;1-2-4-5-3-1/h1-8H,9-11H2,(H,19,20);1-5H2. The van der Waals surface area contributed by atoms with Crippen molar-refractivity contribution in [1.29, 1.82) is 0 Å². The first-order chi connectivity index (χ1) is 12.6. The minimum atomic E-state index is -0.840. The summed E-state index contributed by atoms with van der Waals surface area (Å²) in [5, 5.41) is 8.75. The van der Waals surface area contributed by atoms with Gasteiger partial charge < -0.3 is 10.0 Å². The molecule has 1 N–H and O–H groups in total. The van der Waals surface area contributed by atoms with Crippen LogP contribution >= 0.6 is 0 Å². The monoisotopic (exact) mass is 351 g/mol. The van der Waals surface area contributed by atoms with Gasteiger partial charge in [-0.3, -0.25) is 9.59 Å². The first-order valence-electron chi connectivity index (χ1n) is 9.30. The molecule has 1 saturated carbocycles. The zero-order valence-corrected chi connectivity index (χ0v) is 15.0. The molecule has 0 unspecified atom stereocenters. The van der Waals surface area contributed by atoms with Gasteiger partial charge in [-0.2, -0.15) is 0 Å². The Bertz CT molecular complexity index is 756. The molecule has 26 heavy (non-hydrogen) atoms. The predicted molar refractivity (Wildman–Crippen MR) is 101 cm³/mol. The van der Waals surface area contributed by atoms with Crippen molar-refractivity contribution in [2.24, 2.45) is 0 Å². The van der Waals surface area contributed by atoms with E-state index in [1.165, 1.54) is 32.1 Å². The van der Waals surface area contributed by atoms with Gasteiger partial charge in [0.25, 0.3) is 5.91 Å². The van der Waals surface area contributed by atoms with E-state index in [4.69, 9.17) is 5.11 Å². The second kappa shape index (κ2) is 8.65. The van der Waals surface area contributed by atoms with Crippen molar-refractivity contribution in [3.05, 3.63) is 70.8 Å². The van der Waals surface area contributed by atoms with Crippen LogP contribution in [0.2, 0.25) is 0 Å². The SMILES string of the molecule is C1CCCC1.O=C(O)Cc1ccc(CN2Cc3ccccc3C2=O)cc1. The topological polar surface area (TPSA) is 57.6 Å². The molecule has 1 heterocycles. The molecule has 0 atom stereocenters. The Morgan fingerprint density at radius 2 is 1.46 bits per heavy atom. The number of carboxylic acid groups (broad SMARTS) is 1. The van der Waals surface area contributed by atoms with Gasteiger partial charge in [0.15, 0.2) is 0 Å². The van der Waals surface area contributed by atoms with Gasteiger partial charge in [-0.05, 0) is 22.8 Å². The zero-order valence-electron chi connectivity index (χ0n) is 15.0. The van der Waals surface area contributed by atoms with Crippen molar-refractivity contribution in [2.75, 3.05) is 0 Å². The maximum absolute atomic E-state index is 12.3. The molecular weight excluding hydrogens is 326 g/mol. The lowest BCUT2D eigenvalue weighted by atomic mass is 10.1. The fourth-order valence-corrected chi connectivity index (χ4v) is 3.48. The van der Waals surface area contributed by atoms with Gasteiger partial charge in [-0.15, -0.1) is 0 Å². The number of carbonyl (C=O) groups is 2. The van der Waals surface area contributed by atoms with E-state index in [-0.39, 0.29) is 12.3 Å². The van der Waals surface area contributed by atoms with E-state index < -0.39 is 5.97 Å². The number of hydrogen-bond donors (Lipinski definition) is 1. The molecule has 2 aliphatic rings. The van der Waals surface area contributed by atoms with Crippen LogP contribution in [0.15, 0.2) is 48.5 Å². The van der Waals surface area contributed by atoms with Crippen molar-refractivity contribution < 1.29 is 14.7 Å². The second-order valence-electron chi connectivity index (χ2n) is 6.97. The highest BCUT2D eigenvalue weighted by Gasteiger charge is 2.26. The van der Waals surface area contributed by atoms with E-state index in [9.17, 15) is 9.59 Å². The van der Waals surface area contributed by atoms with Crippen LogP contribution in [0.3, 0.4) is 0 Å². The summed E-state index contributed by atoms with van der Waals surface area (Å²) in [5.41, 5.74) is 3.61. The Morgan fingerprint density at radius 3 is 2.04 bits per heavy atom. The molecule has 136 valence electrons. The first kappa shape index (κ1) is 18.2. The summed E-state index contributed by atoms with van der Waals surface area (Å²) >= 11 is 0. The molecule has 0 spiro atoms. The molecule has 0 radical (unpaired) electrons. The Labute approximate surface area is 154 Å². The summed E-state index contributed by atoms with van der Waals surface area (Å²) < 4.78 is 0. The van der Waals surface area contributed by atoms with Gasteiger partial charge in [0.2, 0.25) is 0 Å². The van der Waals surface area contributed by atoms with Gasteiger partial charge in [0, 0.05) is 18.7 Å². The largest absolute Gasteiger partial charge is 0.481 e. The molecule has 2 aromatic carbocycles. The fourth-order valence-electron chi connectivity index (χ4n) is 3.48. The molecule has 0 saturated heterocycles. The van der Waals surface area contributed by atoms with E-state index in [0.717, 1.165) is 22.3 Å². The molecule has 0 bridgehead atoms. The summed E-state index contributed by atoms with van der Waals surface area (Å²) in [6, 6.07) is 15.0. The lowest BCUT2D eigenvalue weighted by Crippen LogP contribution is -2.23. The number of aliphatic carboxylic acids is 1. The molecule has 1 fully saturated rings. The van der Waals surface area contributed by atoms with Crippen LogP contribution in [0.1, 0.15) is 59.2 Å². The summed E-state index contributed by atoms with van der Waals surface area (Å²) in [7, 11) is 0. The minimum absolute atomic E-state index is 0.0222. The van der Waals surface area contributed by atoms with Crippen LogP contribution in [0.4, 0.5) is 0 Å². The Balaban J connectivity index is 0.000000339. The Hall–Kier alpha value is -2.62. The number of hydrogen-bond acceptors (Lipinski definition) is 2. The number of carbonyl (C=O) groups excluding carboxylic acids is 1. The van der Waals surface area contributed by atoms with Gasteiger partial charge >= 0.3 is 5.97 Å². The molecular formula is C22H25NO3. The minimum Gasteiger partial charge on any atom is -0.481 e. The van der Waals surface area contributed by atoms with Crippen molar-refractivity contribution in [1.82, 2.24) is 4.90 Å². The lowest BCUT2D eigenvalue weighted by molar-refractivity contribution is -0.136. The third-order valence-corrected chi connectivity index (χ3v) is 4.90. The predicted octanol–water partition coefficient (Wildman–Crippen LogP) is 4.42. The number of carboxylic acids is 1. The highest BCUT2D eigenvalue weighted by molar-refractivity contribution is 5.98. The van der Waals surface area contributed by atoms with Gasteiger partial charge in [-0.25, -0.2) is 0 Å². The van der Waals surface area contributed by atoms with Gasteiger partial charge in [0.1, 0.15) is 0 Å². The maximum atomic E-state index is 12.3. The van der Waals surface area contributed by atoms with Crippen molar-refractivity contribution >= 4 is 11.9 Å². The molecule has 4 nitrogen and oxygen atoms in total. The Kier molecular flexibility index (Phi) is 6.05. The average Bonchev–Trinajstić information content (AvgIpc) is 3.30. The zero-order chi connectivity index (χ0) is 18.4. The van der Waals surface area contributed by atoms with Crippen LogP contribution < -0.4 is 0 Å². The number of rotatable bonds is 4. The molecule has 4 rings (SSSR count). The van der Waals surface area contributed by atoms with Crippen LogP contribution in [-0.2, 0) is 24.3 Å². The van der Waals surface area contributed by atoms with Crippen LogP contribution in [0.25, 0.3) is 0 Å². The Morgan fingerprint density at radius 1 is 0.885 bits per heavy atom. The summed E-state index contributed by atoms with van der Waals surface area (Å²) in [5.74, 6) is -0.784. The van der Waals surface area contributed by atoms with Crippen LogP contribution in [0, 0.1) is 0 Å². The quantitative estimate of drug-likeness (QED) is 0.887. The molecule has 0 aromatic heterocycles. The fraction of sp³-hybridized carbons (Fsp3) is 0.364. The van der Waals surface area contributed by atoms with Gasteiger partial charge in [-0.1, -0.05) is 74.6 Å². The summed E-state index contributed by atoms with van der Waals surface area (Å²) in [6.45, 7) is 1.17. The third kappa shape index (κ3) is 4.72. The smallest absolute Gasteiger partial charge is 0.307 e. The highest BCUT2D eigenvalue weighted by atomic mass is 16.4. The van der Waals surface area contributed by atoms with E-state index >= 15 is 0 Å². The van der Waals surface area contributed by atoms with E-state index in [2.05, 4.69) is 0 Å². The number of nitrogens with zero attached hydrogens (tertiary/aromatic N) is 1. The van der Waals surface area contributed by atoms with Crippen LogP contribution in [0.5, 0.6) is 0 Å². The number of fused-ring (bicyclic) bond motifs is 1. The average molecular weight is 351 g/mol. The van der Waals surface area contributed by atoms with Crippen LogP contribution in [-0.4, -0.2) is 21.9 Å². The normalized spacial score (nSPS) is 15.4. The molecule has 2 aromatic rings. The van der Waals surface area contributed by atoms with Gasteiger partial charge in [0.05, 0.1) is 6.42 Å². The second-order valence-corrected chi connectivity index (χ2v) is 6.97. The molecule has 4 heteroatoms. The maximum Gasteiger partial charge on any atom is 0.307 e. The molecule has 1 aliphatic heterocycles. The first-order valence-corrected chi connectivity index (χ1v) is 9.30. The molecule has 1 aliphatic carbocycles. The van der Waals surface area contributed by atoms with Crippen molar-refractivity contribution in [3.63, 3.8) is 0 Å². The summed E-state index contributed by atoms with van der Waals surface area (Å²) in [6.07, 6.45) is 7.52. The van der Waals surface area contributed by atoms with Crippen molar-refractivity contribution in [3.8, 4) is 0 Å². The van der Waals surface area contributed by atoms with Crippen molar-refractivity contribution in [2.45, 2.75) is 51.6 Å². The van der Waals surface area contributed by atoms with E-state index in [1.54, 1.807) is 17.0 Å².